The minimum Gasteiger partial charge on any atom is -0.389 e. The zero-order valence-electron chi connectivity index (χ0n) is 18.6. The molecule has 170 valence electrons. The van der Waals surface area contributed by atoms with E-state index in [1.807, 2.05) is 36.8 Å². The lowest BCUT2D eigenvalue weighted by Crippen LogP contribution is -2.38. The number of piperidine rings is 1. The first-order chi connectivity index (χ1) is 15.3. The van der Waals surface area contributed by atoms with Gasteiger partial charge in [-0.15, -0.1) is 0 Å². The number of rotatable bonds is 3. The molecule has 4 heterocycles. The van der Waals surface area contributed by atoms with Gasteiger partial charge in [0.25, 0.3) is 0 Å². The molecule has 3 aromatic rings. The Morgan fingerprint density at radius 2 is 1.72 bits per heavy atom. The molecule has 0 aliphatic carbocycles. The van der Waals surface area contributed by atoms with E-state index >= 15 is 0 Å². The number of fused-ring (bicyclic) bond motifs is 1. The maximum atomic E-state index is 14.9. The second kappa shape index (κ2) is 8.06. The van der Waals surface area contributed by atoms with Gasteiger partial charge in [-0.1, -0.05) is 0 Å². The van der Waals surface area contributed by atoms with Gasteiger partial charge in [-0.2, -0.15) is 5.10 Å². The van der Waals surface area contributed by atoms with Crippen molar-refractivity contribution in [1.29, 1.82) is 0 Å². The summed E-state index contributed by atoms with van der Waals surface area (Å²) in [5, 5.41) is 25.4. The Hall–Kier alpha value is -2.62. The van der Waals surface area contributed by atoms with Crippen LogP contribution in [0.3, 0.4) is 0 Å². The fraction of sp³-hybridized carbons (Fsp3) is 0.522. The average molecular weight is 441 g/mol. The minimum atomic E-state index is -0.901. The number of β-amino-alcohol motifs (C(OH)–C–C–N with tert-alkyl or cyclic N) is 2. The third-order valence-electron chi connectivity index (χ3n) is 6.71. The normalized spacial score (nSPS) is 26.9. The molecule has 5 rings (SSSR count). The molecule has 0 bridgehead atoms. The van der Waals surface area contributed by atoms with Gasteiger partial charge in [0.2, 0.25) is 0 Å². The molecule has 0 radical (unpaired) electrons. The zero-order chi connectivity index (χ0) is 22.6. The second-order valence-corrected chi connectivity index (χ2v) is 9.17. The zero-order valence-corrected chi connectivity index (χ0v) is 18.6. The minimum absolute atomic E-state index is 0.130. The maximum Gasteiger partial charge on any atom is 0.159 e. The van der Waals surface area contributed by atoms with Gasteiger partial charge >= 0.3 is 0 Å². The molecule has 32 heavy (non-hydrogen) atoms. The molecule has 8 nitrogen and oxygen atoms in total. The summed E-state index contributed by atoms with van der Waals surface area (Å²) in [6, 6.07) is 5.94. The molecular formula is C23H29FN6O2. The van der Waals surface area contributed by atoms with Crippen molar-refractivity contribution < 1.29 is 14.6 Å². The van der Waals surface area contributed by atoms with Crippen LogP contribution in [-0.2, 0) is 0 Å². The number of hydrogen-bond donors (Lipinski definition) is 2. The summed E-state index contributed by atoms with van der Waals surface area (Å²) in [5.41, 5.74) is 2.98. The highest BCUT2D eigenvalue weighted by molar-refractivity contribution is 5.82. The third kappa shape index (κ3) is 3.74. The van der Waals surface area contributed by atoms with E-state index in [0.29, 0.717) is 37.1 Å². The summed E-state index contributed by atoms with van der Waals surface area (Å²) in [4.78, 5) is 13.0. The smallest absolute Gasteiger partial charge is 0.159 e. The first kappa shape index (κ1) is 21.2. The Kier molecular flexibility index (Phi) is 5.35. The molecule has 0 amide bonds. The van der Waals surface area contributed by atoms with Gasteiger partial charge in [-0.05, 0) is 57.1 Å². The molecule has 2 aliphatic heterocycles. The number of alkyl halides is 1. The van der Waals surface area contributed by atoms with Crippen molar-refractivity contribution in [3.05, 3.63) is 41.3 Å². The molecule has 2 aliphatic rings. The van der Waals surface area contributed by atoms with Gasteiger partial charge in [-0.3, -0.25) is 0 Å². The van der Waals surface area contributed by atoms with Gasteiger partial charge in [0.05, 0.1) is 23.9 Å². The molecule has 2 saturated heterocycles. The predicted octanol–water partition coefficient (Wildman–Crippen LogP) is 1.73. The summed E-state index contributed by atoms with van der Waals surface area (Å²) in [6.45, 7) is 5.80. The first-order valence-electron chi connectivity index (χ1n) is 11.1. The summed E-state index contributed by atoms with van der Waals surface area (Å²) < 4.78 is 16.7. The van der Waals surface area contributed by atoms with Gasteiger partial charge in [0, 0.05) is 37.0 Å². The number of anilines is 1. The Morgan fingerprint density at radius 1 is 1.00 bits per heavy atom. The van der Waals surface area contributed by atoms with Crippen LogP contribution in [0.4, 0.5) is 10.2 Å². The van der Waals surface area contributed by atoms with Gasteiger partial charge in [0.15, 0.2) is 5.82 Å². The van der Waals surface area contributed by atoms with Crippen LogP contribution in [0.15, 0.2) is 24.4 Å². The SMILES string of the molecule is Cc1nc(N2CC(O)[C@@H](O)C2)cc(-n2ncc3cc(C)c(C4CCN(C)CC4F)cc32)n1. The molecule has 1 aromatic carbocycles. The summed E-state index contributed by atoms with van der Waals surface area (Å²) in [5.74, 6) is 1.68. The van der Waals surface area contributed by atoms with Crippen LogP contribution in [0.25, 0.3) is 16.7 Å². The van der Waals surface area contributed by atoms with E-state index in [9.17, 15) is 14.6 Å². The topological polar surface area (TPSA) is 90.5 Å². The quantitative estimate of drug-likeness (QED) is 0.641. The molecule has 2 N–H and O–H groups in total. The number of nitrogens with zero attached hydrogens (tertiary/aromatic N) is 6. The van der Waals surface area contributed by atoms with E-state index < -0.39 is 18.4 Å². The van der Waals surface area contributed by atoms with Crippen molar-refractivity contribution in [2.45, 2.75) is 44.6 Å². The largest absolute Gasteiger partial charge is 0.389 e. The van der Waals surface area contributed by atoms with E-state index in [0.717, 1.165) is 35.0 Å². The molecule has 9 heteroatoms. The highest BCUT2D eigenvalue weighted by atomic mass is 19.1. The number of aromatic nitrogens is 4. The molecule has 4 atom stereocenters. The van der Waals surface area contributed by atoms with E-state index in [-0.39, 0.29) is 5.92 Å². The monoisotopic (exact) mass is 440 g/mol. The summed E-state index contributed by atoms with van der Waals surface area (Å²) >= 11 is 0. The van der Waals surface area contributed by atoms with Gasteiger partial charge in [0.1, 0.15) is 17.8 Å². The third-order valence-corrected chi connectivity index (χ3v) is 6.71. The number of likely N-dealkylation sites (tertiary alicyclic amines) is 1. The fourth-order valence-corrected chi connectivity index (χ4v) is 4.96. The number of aliphatic hydroxyl groups is 2. The number of hydrogen-bond acceptors (Lipinski definition) is 7. The molecule has 3 unspecified atom stereocenters. The molecule has 2 aromatic heterocycles. The first-order valence-corrected chi connectivity index (χ1v) is 11.1. The van der Waals surface area contributed by atoms with Crippen LogP contribution in [0.5, 0.6) is 0 Å². The van der Waals surface area contributed by atoms with E-state index in [1.54, 1.807) is 10.9 Å². The van der Waals surface area contributed by atoms with Gasteiger partial charge in [-0.25, -0.2) is 19.0 Å². The second-order valence-electron chi connectivity index (χ2n) is 9.17. The Bertz CT molecular complexity index is 1140. The van der Waals surface area contributed by atoms with Crippen LogP contribution >= 0.6 is 0 Å². The number of benzene rings is 1. The van der Waals surface area contributed by atoms with Crippen molar-refractivity contribution in [3.8, 4) is 5.82 Å². The summed E-state index contributed by atoms with van der Waals surface area (Å²) in [6.07, 6.45) is 0.0889. The lowest BCUT2D eigenvalue weighted by Gasteiger charge is -2.33. The molecule has 2 fully saturated rings. The predicted molar refractivity (Wildman–Crippen MR) is 120 cm³/mol. The van der Waals surface area contributed by atoms with Crippen LogP contribution in [-0.4, -0.2) is 86.5 Å². The van der Waals surface area contributed by atoms with Crippen molar-refractivity contribution in [2.24, 2.45) is 0 Å². The average Bonchev–Trinajstić information content (AvgIpc) is 3.30. The number of aliphatic hydroxyl groups excluding tert-OH is 2. The van der Waals surface area contributed by atoms with E-state index in [2.05, 4.69) is 27.2 Å². The maximum absolute atomic E-state index is 14.9. The van der Waals surface area contributed by atoms with Crippen molar-refractivity contribution >= 4 is 16.7 Å². The molecular weight excluding hydrogens is 411 g/mol. The Morgan fingerprint density at radius 3 is 2.44 bits per heavy atom. The highest BCUT2D eigenvalue weighted by Gasteiger charge is 2.32. The lowest BCUT2D eigenvalue weighted by molar-refractivity contribution is 0.0572. The van der Waals surface area contributed by atoms with Crippen molar-refractivity contribution in [2.75, 3.05) is 38.1 Å². The standard InChI is InChI=1S/C23H29FN6O2/c1-13-6-15-9-25-30(19(15)7-17(13)16-4-5-28(3)10-18(16)24)23-8-22(26-14(2)27-23)29-11-20(31)21(32)12-29/h6-9,16,18,20-21,31-32H,4-5,10-12H2,1-3H3/t16?,18?,20-,21?/m0/s1. The lowest BCUT2D eigenvalue weighted by atomic mass is 9.85. The van der Waals surface area contributed by atoms with Gasteiger partial charge < -0.3 is 20.0 Å². The Labute approximate surface area is 186 Å². The summed E-state index contributed by atoms with van der Waals surface area (Å²) in [7, 11) is 1.96. The Balaban J connectivity index is 1.55. The van der Waals surface area contributed by atoms with Crippen molar-refractivity contribution in [3.63, 3.8) is 0 Å². The number of aryl methyl sites for hydroxylation is 2. The van der Waals surface area contributed by atoms with Crippen LogP contribution in [0.1, 0.15) is 29.3 Å². The van der Waals surface area contributed by atoms with Crippen molar-refractivity contribution in [1.82, 2.24) is 24.6 Å². The molecule has 0 saturated carbocycles. The van der Waals surface area contributed by atoms with E-state index in [1.165, 1.54) is 0 Å². The van der Waals surface area contributed by atoms with Crippen LogP contribution < -0.4 is 4.90 Å². The van der Waals surface area contributed by atoms with Crippen LogP contribution in [0, 0.1) is 13.8 Å². The number of halogens is 1. The highest BCUT2D eigenvalue weighted by Crippen LogP contribution is 2.35. The van der Waals surface area contributed by atoms with E-state index in [4.69, 9.17) is 0 Å². The molecule has 0 spiro atoms. The fourth-order valence-electron chi connectivity index (χ4n) is 4.96. The van der Waals surface area contributed by atoms with Crippen LogP contribution in [0.2, 0.25) is 0 Å².